The summed E-state index contributed by atoms with van der Waals surface area (Å²) in [4.78, 5) is 62.6. The molecule has 0 radical (unpaired) electrons. The molecule has 9 N–H and O–H groups in total. The molecule has 2 aliphatic heterocycles. The summed E-state index contributed by atoms with van der Waals surface area (Å²) >= 11 is 0. The van der Waals surface area contributed by atoms with E-state index in [9.17, 15) is 49.5 Å². The van der Waals surface area contributed by atoms with E-state index < -0.39 is 89.6 Å². The zero-order chi connectivity index (χ0) is 59.2. The van der Waals surface area contributed by atoms with Crippen molar-refractivity contribution >= 4 is 51.2 Å². The lowest BCUT2D eigenvalue weighted by atomic mass is 9.89. The highest BCUT2D eigenvalue weighted by Gasteiger charge is 2.53. The van der Waals surface area contributed by atoms with E-state index in [4.69, 9.17) is 47.7 Å². The highest BCUT2D eigenvalue weighted by molar-refractivity contribution is 6.06. The van der Waals surface area contributed by atoms with Gasteiger partial charge in [0.2, 0.25) is 12.6 Å². The molecule has 2 aromatic heterocycles. The third kappa shape index (κ3) is 14.5. The maximum Gasteiger partial charge on any atom is 0.404 e. The number of amides is 3. The molecule has 0 aliphatic carbocycles. The summed E-state index contributed by atoms with van der Waals surface area (Å²) in [5.41, 5.74) is 5.66. The number of aliphatic hydroxyl groups excluding tert-OH is 3. The number of benzene rings is 4. The number of anilines is 2. The Bertz CT molecular complexity index is 3480. The van der Waals surface area contributed by atoms with Gasteiger partial charge in [0.1, 0.15) is 70.0 Å². The first kappa shape index (κ1) is 60.5. The van der Waals surface area contributed by atoms with Crippen LogP contribution >= 0.6 is 0 Å². The van der Waals surface area contributed by atoms with Gasteiger partial charge in [0.05, 0.1) is 11.2 Å². The van der Waals surface area contributed by atoms with Gasteiger partial charge in [0.15, 0.2) is 12.2 Å². The van der Waals surface area contributed by atoms with Gasteiger partial charge in [-0.2, -0.15) is 0 Å². The Morgan fingerprint density at radius 1 is 0.593 bits per heavy atom. The second-order valence-electron chi connectivity index (χ2n) is 21.0. The van der Waals surface area contributed by atoms with E-state index in [1.165, 1.54) is 62.8 Å². The number of carbonyl (C=O) groups excluding carboxylic acids is 3. The third-order valence-electron chi connectivity index (χ3n) is 13.4. The van der Waals surface area contributed by atoms with Gasteiger partial charge < -0.3 is 83.9 Å². The van der Waals surface area contributed by atoms with Crippen LogP contribution in [0.15, 0.2) is 127 Å². The van der Waals surface area contributed by atoms with Gasteiger partial charge in [0.25, 0.3) is 11.8 Å². The SMILES string of the molecule is COC1C(O)C(O)C(Oc2ccc3cc(NC(=O)c4ccc(O)c(CC=C(C)C)c4)c(=O)oc3c2)OC1(C)C.COC1C(OC(N)=O)C(O)C(Oc2ccc3cc(NC(=O)c4ccc(O)c(CC=C(C)C)c4)c(=O)oc3c2)OC1(C)C. The van der Waals surface area contributed by atoms with Gasteiger partial charge >= 0.3 is 17.3 Å². The van der Waals surface area contributed by atoms with Crippen molar-refractivity contribution in [3.05, 3.63) is 151 Å². The smallest absolute Gasteiger partial charge is 0.404 e. The van der Waals surface area contributed by atoms with Crippen molar-refractivity contribution in [2.75, 3.05) is 24.9 Å². The van der Waals surface area contributed by atoms with Crippen molar-refractivity contribution < 1.29 is 81.9 Å². The van der Waals surface area contributed by atoms with Crippen LogP contribution in [-0.2, 0) is 36.5 Å². The van der Waals surface area contributed by atoms with Crippen LogP contribution in [0.4, 0.5) is 16.2 Å². The molecule has 22 nitrogen and oxygen atoms in total. The fourth-order valence-electron chi connectivity index (χ4n) is 9.22. The Kier molecular flexibility index (Phi) is 18.8. The number of aliphatic hydroxyl groups is 3. The minimum Gasteiger partial charge on any atom is -0.508 e. The van der Waals surface area contributed by atoms with Crippen molar-refractivity contribution in [2.45, 2.75) is 129 Å². The second-order valence-corrected chi connectivity index (χ2v) is 21.0. The van der Waals surface area contributed by atoms with Crippen molar-refractivity contribution in [1.82, 2.24) is 0 Å². The Morgan fingerprint density at radius 2 is 1.01 bits per heavy atom. The molecule has 3 amide bonds. The fraction of sp³-hybridized carbons (Fsp3) is 0.373. The van der Waals surface area contributed by atoms with Crippen LogP contribution < -0.4 is 37.1 Å². The van der Waals surface area contributed by atoms with E-state index in [-0.39, 0.29) is 56.7 Å². The van der Waals surface area contributed by atoms with Crippen LogP contribution in [0.25, 0.3) is 21.9 Å². The number of phenolic OH excluding ortho intramolecular Hbond substituents is 2. The molecular weight excluding hydrogens is 1050 g/mol. The van der Waals surface area contributed by atoms with Crippen LogP contribution in [0.3, 0.4) is 0 Å². The number of nitrogens with two attached hydrogens (primary N) is 1. The van der Waals surface area contributed by atoms with Crippen molar-refractivity contribution in [3.8, 4) is 23.0 Å². The highest BCUT2D eigenvalue weighted by Crippen LogP contribution is 2.36. The molecule has 22 heteroatoms. The zero-order valence-corrected chi connectivity index (χ0v) is 46.3. The summed E-state index contributed by atoms with van der Waals surface area (Å²) in [6, 6.07) is 21.1. The molecule has 2 aliphatic rings. The average molecular weight is 1120 g/mol. The molecule has 0 bridgehead atoms. The Labute approximate surface area is 465 Å². The monoisotopic (exact) mass is 1120 g/mol. The molecular formula is C59H67N3O19. The lowest BCUT2D eigenvalue weighted by Crippen LogP contribution is -2.65. The first-order valence-corrected chi connectivity index (χ1v) is 25.6. The van der Waals surface area contributed by atoms with Crippen molar-refractivity contribution in [1.29, 1.82) is 0 Å². The number of allylic oxidation sites excluding steroid dienone is 4. The van der Waals surface area contributed by atoms with E-state index in [1.54, 1.807) is 64.1 Å². The molecule has 8 atom stereocenters. The van der Waals surface area contributed by atoms with Gasteiger partial charge in [-0.15, -0.1) is 0 Å². The average Bonchev–Trinajstić information content (AvgIpc) is 3.48. The normalized spacial score (nSPS) is 21.8. The maximum absolute atomic E-state index is 12.9. The first-order chi connectivity index (χ1) is 38.2. The van der Waals surface area contributed by atoms with Gasteiger partial charge in [-0.3, -0.25) is 9.59 Å². The van der Waals surface area contributed by atoms with Gasteiger partial charge in [-0.25, -0.2) is 14.4 Å². The van der Waals surface area contributed by atoms with Gasteiger partial charge in [0, 0.05) is 48.3 Å². The summed E-state index contributed by atoms with van der Waals surface area (Å²) in [6.45, 7) is 14.5. The van der Waals surface area contributed by atoms with Crippen LogP contribution in [0.5, 0.6) is 23.0 Å². The summed E-state index contributed by atoms with van der Waals surface area (Å²) in [5, 5.41) is 58.1. The number of nitrogens with one attached hydrogen (secondary N) is 2. The molecule has 2 saturated heterocycles. The molecule has 0 spiro atoms. The molecule has 8 rings (SSSR count). The van der Waals surface area contributed by atoms with Crippen LogP contribution in [0.2, 0.25) is 0 Å². The molecule has 432 valence electrons. The minimum atomic E-state index is -1.46. The van der Waals surface area contributed by atoms with E-state index >= 15 is 0 Å². The van der Waals surface area contributed by atoms with Crippen molar-refractivity contribution in [2.24, 2.45) is 5.73 Å². The minimum absolute atomic E-state index is 0.0541. The van der Waals surface area contributed by atoms with Gasteiger partial charge in [-0.1, -0.05) is 23.3 Å². The molecule has 4 heterocycles. The number of hydrogen-bond donors (Lipinski definition) is 8. The van der Waals surface area contributed by atoms with E-state index in [0.29, 0.717) is 34.7 Å². The topological polar surface area (TPSA) is 327 Å². The maximum atomic E-state index is 12.9. The van der Waals surface area contributed by atoms with Gasteiger partial charge in [-0.05, 0) is 152 Å². The number of primary amides is 1. The van der Waals surface area contributed by atoms with E-state index in [1.807, 2.05) is 39.8 Å². The summed E-state index contributed by atoms with van der Waals surface area (Å²) in [6.07, 6.45) is -5.67. The molecule has 8 unspecified atom stereocenters. The Balaban J connectivity index is 0.000000234. The Hall–Kier alpha value is -8.09. The van der Waals surface area contributed by atoms with E-state index in [0.717, 1.165) is 11.1 Å². The molecule has 81 heavy (non-hydrogen) atoms. The number of rotatable bonds is 15. The third-order valence-corrected chi connectivity index (χ3v) is 13.4. The lowest BCUT2D eigenvalue weighted by molar-refractivity contribution is -0.305. The molecule has 4 aromatic carbocycles. The number of hydrogen-bond acceptors (Lipinski definition) is 19. The Morgan fingerprint density at radius 3 is 1.42 bits per heavy atom. The van der Waals surface area contributed by atoms with E-state index in [2.05, 4.69) is 10.6 Å². The highest BCUT2D eigenvalue weighted by atomic mass is 16.7. The number of aromatic hydroxyl groups is 2. The largest absolute Gasteiger partial charge is 0.508 e. The number of fused-ring (bicyclic) bond motifs is 2. The summed E-state index contributed by atoms with van der Waals surface area (Å²) in [7, 11) is 2.81. The second kappa shape index (κ2) is 25.1. The predicted molar refractivity (Wildman–Crippen MR) is 297 cm³/mol. The van der Waals surface area contributed by atoms with Crippen LogP contribution in [-0.4, -0.2) is 118 Å². The number of carbonyl (C=O) groups is 3. The molecule has 2 fully saturated rings. The van der Waals surface area contributed by atoms with Crippen molar-refractivity contribution in [3.63, 3.8) is 0 Å². The quantitative estimate of drug-likeness (QED) is 0.0374. The zero-order valence-electron chi connectivity index (χ0n) is 46.3. The van der Waals surface area contributed by atoms with Crippen LogP contribution in [0.1, 0.15) is 87.2 Å². The predicted octanol–water partition coefficient (Wildman–Crippen LogP) is 7.12. The molecule has 6 aromatic rings. The summed E-state index contributed by atoms with van der Waals surface area (Å²) in [5.74, 6) is -0.513. The first-order valence-electron chi connectivity index (χ1n) is 25.6. The fourth-order valence-corrected chi connectivity index (χ4v) is 9.22. The number of ether oxygens (including phenoxy) is 7. The molecule has 0 saturated carbocycles. The summed E-state index contributed by atoms with van der Waals surface area (Å²) < 4.78 is 50.0. The standard InChI is InChI=1S/C30H34N2O10.C29H33NO9/c1-15(2)6-7-16-12-18(9-11-21(16)33)26(35)32-20-13-17-8-10-19(14-22(17)40-27(20)36)39-28-23(34)24(41-29(31)37)25(38-5)30(3,4)42-28;1-15(2)6-7-16-12-18(9-11-21(16)31)26(34)30-20-13-17-8-10-19(14-22(17)38-27(20)35)37-28-24(33)23(32)25(36-5)29(3,4)39-28/h6,8-14,23-25,28,33-34H,7H2,1-5H3,(H2,31,37)(H,32,35);6,8-14,23-25,28,31-33H,7H2,1-5H3,(H,30,34). The lowest BCUT2D eigenvalue weighted by Gasteiger charge is -2.47. The number of phenols is 2. The number of methoxy groups -OCH3 is 2. The van der Waals surface area contributed by atoms with Crippen LogP contribution in [0, 0.1) is 0 Å².